The smallest absolute Gasteiger partial charge is 0.408 e. The molecular weight excluding hydrogens is 386 g/mol. The lowest BCUT2D eigenvalue weighted by Crippen LogP contribution is -2.45. The van der Waals surface area contributed by atoms with E-state index < -0.39 is 40.9 Å². The lowest BCUT2D eigenvalue weighted by Gasteiger charge is -2.27. The fraction of sp³-hybridized carbons (Fsp3) is 0.600. The summed E-state index contributed by atoms with van der Waals surface area (Å²) in [5, 5.41) is 2.78. The van der Waals surface area contributed by atoms with Crippen LogP contribution in [-0.4, -0.2) is 56.1 Å². The molecular formula is C20H26F2N2O5. The highest BCUT2D eigenvalue weighted by molar-refractivity contribution is 5.90. The molecule has 1 aromatic carbocycles. The normalized spacial score (nSPS) is 23.7. The summed E-state index contributed by atoms with van der Waals surface area (Å²) in [6, 6.07) is 0.175. The molecule has 9 heteroatoms. The molecule has 2 fully saturated rings. The topological polar surface area (TPSA) is 77.1 Å². The largest absolute Gasteiger partial charge is 0.465 e. The molecule has 7 nitrogen and oxygen atoms in total. The zero-order valence-electron chi connectivity index (χ0n) is 17.2. The van der Waals surface area contributed by atoms with Gasteiger partial charge in [-0.25, -0.2) is 18.4 Å². The number of esters is 1. The summed E-state index contributed by atoms with van der Waals surface area (Å²) in [7, 11) is 1.11. The highest BCUT2D eigenvalue weighted by Crippen LogP contribution is 2.38. The number of ether oxygens (including phenoxy) is 3. The molecule has 0 saturated carbocycles. The lowest BCUT2D eigenvalue weighted by molar-refractivity contribution is 0.0409. The predicted molar refractivity (Wildman–Crippen MR) is 101 cm³/mol. The highest BCUT2D eigenvalue weighted by Gasteiger charge is 2.48. The first-order chi connectivity index (χ1) is 13.5. The second kappa shape index (κ2) is 7.78. The van der Waals surface area contributed by atoms with E-state index in [2.05, 4.69) is 10.1 Å². The quantitative estimate of drug-likeness (QED) is 0.770. The van der Waals surface area contributed by atoms with Crippen molar-refractivity contribution in [3.8, 4) is 0 Å². The van der Waals surface area contributed by atoms with Crippen molar-refractivity contribution in [2.45, 2.75) is 57.9 Å². The van der Waals surface area contributed by atoms with Crippen LogP contribution < -0.4 is 10.2 Å². The fourth-order valence-corrected chi connectivity index (χ4v) is 3.97. The highest BCUT2D eigenvalue weighted by atomic mass is 19.1. The number of carbonyl (C=O) groups excluding carboxylic acids is 2. The van der Waals surface area contributed by atoms with Crippen molar-refractivity contribution >= 4 is 17.7 Å². The van der Waals surface area contributed by atoms with E-state index in [1.807, 2.05) is 0 Å². The van der Waals surface area contributed by atoms with E-state index >= 15 is 0 Å². The Hall–Kier alpha value is -2.42. The third kappa shape index (κ3) is 4.14. The van der Waals surface area contributed by atoms with Gasteiger partial charge in [-0.1, -0.05) is 0 Å². The van der Waals surface area contributed by atoms with E-state index in [0.29, 0.717) is 13.0 Å². The molecule has 3 rings (SSSR count). The number of halogens is 2. The molecule has 1 aromatic rings. The van der Waals surface area contributed by atoms with Crippen LogP contribution in [0.4, 0.5) is 19.3 Å². The molecule has 29 heavy (non-hydrogen) atoms. The van der Waals surface area contributed by atoms with Crippen LogP contribution in [0.1, 0.15) is 43.1 Å². The summed E-state index contributed by atoms with van der Waals surface area (Å²) < 4.78 is 45.3. The fourth-order valence-electron chi connectivity index (χ4n) is 3.97. The number of hydrogen-bond donors (Lipinski definition) is 1. The van der Waals surface area contributed by atoms with Gasteiger partial charge < -0.3 is 24.4 Å². The summed E-state index contributed by atoms with van der Waals surface area (Å²) >= 11 is 0. The Morgan fingerprint density at radius 2 is 2.00 bits per heavy atom. The number of anilines is 1. The minimum atomic E-state index is -0.941. The molecule has 0 aliphatic carbocycles. The Morgan fingerprint density at radius 3 is 2.62 bits per heavy atom. The number of rotatable bonds is 3. The minimum Gasteiger partial charge on any atom is -0.465 e. The zero-order chi connectivity index (χ0) is 21.5. The maximum absolute atomic E-state index is 14.9. The van der Waals surface area contributed by atoms with E-state index in [4.69, 9.17) is 9.47 Å². The first kappa shape index (κ1) is 21.3. The molecule has 1 amide bonds. The average Bonchev–Trinajstić information content (AvgIpc) is 3.21. The summed E-state index contributed by atoms with van der Waals surface area (Å²) in [6.07, 6.45) is -0.358. The zero-order valence-corrected chi connectivity index (χ0v) is 17.2. The van der Waals surface area contributed by atoms with Crippen LogP contribution in [0, 0.1) is 18.6 Å². The van der Waals surface area contributed by atoms with E-state index in [0.717, 1.165) is 13.2 Å². The number of benzene rings is 1. The molecule has 2 heterocycles. The van der Waals surface area contributed by atoms with Crippen molar-refractivity contribution in [2.24, 2.45) is 0 Å². The molecule has 1 N–H and O–H groups in total. The van der Waals surface area contributed by atoms with Crippen molar-refractivity contribution in [1.29, 1.82) is 0 Å². The Morgan fingerprint density at radius 1 is 1.31 bits per heavy atom. The molecule has 2 saturated heterocycles. The van der Waals surface area contributed by atoms with Crippen LogP contribution in [0.2, 0.25) is 0 Å². The van der Waals surface area contributed by atoms with Crippen LogP contribution in [0.5, 0.6) is 0 Å². The van der Waals surface area contributed by atoms with Crippen molar-refractivity contribution in [3.05, 3.63) is 28.8 Å². The van der Waals surface area contributed by atoms with E-state index in [1.54, 1.807) is 25.7 Å². The van der Waals surface area contributed by atoms with Gasteiger partial charge >= 0.3 is 12.1 Å². The van der Waals surface area contributed by atoms with E-state index in [9.17, 15) is 18.4 Å². The van der Waals surface area contributed by atoms with Gasteiger partial charge in [0, 0.05) is 18.7 Å². The van der Waals surface area contributed by atoms with Crippen molar-refractivity contribution in [1.82, 2.24) is 5.32 Å². The molecule has 0 spiro atoms. The maximum Gasteiger partial charge on any atom is 0.408 e. The Balaban J connectivity index is 1.89. The number of nitrogens with zero attached hydrogens (tertiary/aromatic N) is 1. The second-order valence-corrected chi connectivity index (χ2v) is 8.28. The van der Waals surface area contributed by atoms with E-state index in [1.165, 1.54) is 6.92 Å². The molecule has 2 aliphatic heterocycles. The number of amides is 1. The van der Waals surface area contributed by atoms with Crippen LogP contribution >= 0.6 is 0 Å². The van der Waals surface area contributed by atoms with Gasteiger partial charge in [-0.15, -0.1) is 0 Å². The number of fused-ring (bicyclic) bond motifs is 1. The van der Waals surface area contributed by atoms with Crippen molar-refractivity contribution in [3.63, 3.8) is 0 Å². The number of methoxy groups -OCH3 is 1. The van der Waals surface area contributed by atoms with Gasteiger partial charge in [-0.3, -0.25) is 0 Å². The van der Waals surface area contributed by atoms with Gasteiger partial charge in [-0.05, 0) is 40.2 Å². The SMILES string of the molecule is COC(=O)c1cc(F)c(N2C[C@H](NC(=O)OC(C)(C)C)[C@H]3OCC[C@H]32)c(C)c1F. The number of carbonyl (C=O) groups is 2. The van der Waals surface area contributed by atoms with Crippen molar-refractivity contribution < 1.29 is 32.6 Å². The summed E-state index contributed by atoms with van der Waals surface area (Å²) in [5.74, 6) is -2.50. The lowest BCUT2D eigenvalue weighted by atomic mass is 10.0. The summed E-state index contributed by atoms with van der Waals surface area (Å²) in [4.78, 5) is 25.6. The molecule has 2 aliphatic rings. The van der Waals surface area contributed by atoms with Crippen LogP contribution in [0.15, 0.2) is 6.07 Å². The molecule has 0 aromatic heterocycles. The first-order valence-corrected chi connectivity index (χ1v) is 9.48. The minimum absolute atomic E-state index is 0.00830. The molecule has 3 atom stereocenters. The molecule has 0 radical (unpaired) electrons. The standard InChI is InChI=1S/C20H26F2N2O5/c1-10-15(22)11(18(25)27-5)8-12(21)16(10)24-9-13(17-14(24)6-7-28-17)23-19(26)29-20(2,3)4/h8,13-14,17H,6-7,9H2,1-5H3,(H,23,26)/t13-,14+,17+/m0/s1. The monoisotopic (exact) mass is 412 g/mol. The Kier molecular flexibility index (Phi) is 5.71. The van der Waals surface area contributed by atoms with E-state index in [-0.39, 0.29) is 29.9 Å². The average molecular weight is 412 g/mol. The summed E-state index contributed by atoms with van der Waals surface area (Å²) in [5.41, 5.74) is -1.04. The molecule has 160 valence electrons. The number of nitrogens with one attached hydrogen (secondary N) is 1. The van der Waals surface area contributed by atoms with Crippen LogP contribution in [0.3, 0.4) is 0 Å². The van der Waals surface area contributed by atoms with Crippen molar-refractivity contribution in [2.75, 3.05) is 25.2 Å². The molecule has 0 bridgehead atoms. The van der Waals surface area contributed by atoms with Gasteiger partial charge in [0.15, 0.2) is 0 Å². The van der Waals surface area contributed by atoms with Gasteiger partial charge in [0.05, 0.1) is 36.5 Å². The third-order valence-electron chi connectivity index (χ3n) is 5.11. The van der Waals surface area contributed by atoms with Gasteiger partial charge in [-0.2, -0.15) is 0 Å². The molecule has 0 unspecified atom stereocenters. The number of hydrogen-bond acceptors (Lipinski definition) is 6. The van der Waals surface area contributed by atoms with Gasteiger partial charge in [0.25, 0.3) is 0 Å². The second-order valence-electron chi connectivity index (χ2n) is 8.28. The Bertz CT molecular complexity index is 824. The number of alkyl carbamates (subject to hydrolysis) is 1. The van der Waals surface area contributed by atoms with Crippen LogP contribution in [-0.2, 0) is 14.2 Å². The Labute approximate surface area is 168 Å². The van der Waals surface area contributed by atoms with Gasteiger partial charge in [0.1, 0.15) is 17.2 Å². The first-order valence-electron chi connectivity index (χ1n) is 9.48. The summed E-state index contributed by atoms with van der Waals surface area (Å²) in [6.45, 7) is 7.36. The third-order valence-corrected chi connectivity index (χ3v) is 5.11. The van der Waals surface area contributed by atoms with Gasteiger partial charge in [0.2, 0.25) is 0 Å². The predicted octanol–water partition coefficient (Wildman–Crippen LogP) is 2.93. The maximum atomic E-state index is 14.9. The van der Waals surface area contributed by atoms with Crippen LogP contribution in [0.25, 0.3) is 0 Å².